The van der Waals surface area contributed by atoms with E-state index in [0.717, 1.165) is 145 Å². The molecular formula is C96H127AlBr5Cl10FeN4O9S. The predicted molar refractivity (Wildman–Crippen MR) is 547 cm³/mol. The summed E-state index contributed by atoms with van der Waals surface area (Å²) in [6.07, 6.45) is 40.1. The Morgan fingerprint density at radius 1 is 0.409 bits per heavy atom. The van der Waals surface area contributed by atoms with Gasteiger partial charge in [0.2, 0.25) is 20.4 Å². The Kier molecular flexibility index (Phi) is 44.9. The Morgan fingerprint density at radius 3 is 0.937 bits per heavy atom. The van der Waals surface area contributed by atoms with E-state index in [1.54, 1.807) is 24.8 Å². The van der Waals surface area contributed by atoms with Crippen molar-refractivity contribution in [3.63, 3.8) is 0 Å². The van der Waals surface area contributed by atoms with Gasteiger partial charge in [0.15, 0.2) is 0 Å². The fraction of sp³-hybridized carbons (Fsp3) is 0.594. The first-order chi connectivity index (χ1) is 57.3. The number of halogens is 15. The van der Waals surface area contributed by atoms with Gasteiger partial charge in [-0.1, -0.05) is 154 Å². The van der Waals surface area contributed by atoms with E-state index >= 15 is 0 Å². The van der Waals surface area contributed by atoms with Crippen LogP contribution >= 0.6 is 185 Å². The van der Waals surface area contributed by atoms with Crippen LogP contribution in [0.2, 0.25) is 20.1 Å². The number of aliphatic carboxylic acids is 3. The van der Waals surface area contributed by atoms with Gasteiger partial charge in [0.1, 0.15) is 0 Å². The summed E-state index contributed by atoms with van der Waals surface area (Å²) in [5.41, 5.74) is 10.5. The molecule has 8 atom stereocenters. The number of hydrogen-bond donors (Lipinski definition) is 5. The number of carbonyl (C=O) groups is 5. The third kappa shape index (κ3) is 29.2. The van der Waals surface area contributed by atoms with Gasteiger partial charge in [-0.05, 0) is 386 Å². The third-order valence-electron chi connectivity index (χ3n) is 29.8. The Labute approximate surface area is 853 Å². The van der Waals surface area contributed by atoms with Gasteiger partial charge in [0, 0.05) is 89.1 Å². The Bertz CT molecular complexity index is 4350. The molecule has 31 heteroatoms. The zero-order valence-electron chi connectivity index (χ0n) is 67.7. The van der Waals surface area contributed by atoms with E-state index in [9.17, 15) is 39.3 Å². The van der Waals surface area contributed by atoms with Crippen LogP contribution in [0.15, 0.2) is 152 Å². The second-order valence-corrected chi connectivity index (χ2v) is 69.9. The van der Waals surface area contributed by atoms with Gasteiger partial charge in [-0.25, -0.2) is 4.21 Å². The molecule has 20 saturated carbocycles. The molecule has 20 aliphatic carbocycles. The van der Waals surface area contributed by atoms with Crippen LogP contribution in [-0.4, -0.2) is 71.5 Å². The second-order valence-electron chi connectivity index (χ2n) is 38.3. The van der Waals surface area contributed by atoms with Gasteiger partial charge in [-0.3, -0.25) is 33.9 Å². The van der Waals surface area contributed by atoms with E-state index in [0.29, 0.717) is 60.4 Å². The Balaban J connectivity index is 0.000000229. The Morgan fingerprint density at radius 2 is 0.661 bits per heavy atom. The van der Waals surface area contributed by atoms with E-state index in [4.69, 9.17) is 98.2 Å². The van der Waals surface area contributed by atoms with E-state index in [1.807, 2.05) is 91.0 Å². The molecule has 26 rings (SSSR count). The molecule has 127 heavy (non-hydrogen) atoms. The number of amides is 1. The van der Waals surface area contributed by atoms with Gasteiger partial charge in [-0.2, -0.15) is 42.2 Å². The fourth-order valence-corrected chi connectivity index (χ4v) is 29.7. The maximum atomic E-state index is 13.3. The molecule has 0 saturated heterocycles. The van der Waals surface area contributed by atoms with Crippen molar-refractivity contribution in [2.45, 2.75) is 263 Å². The first-order valence-electron chi connectivity index (χ1n) is 42.0. The molecule has 2 aromatic heterocycles. The number of hydrogen-bond acceptors (Lipinski definition) is 9. The van der Waals surface area contributed by atoms with Crippen molar-refractivity contribution in [2.75, 3.05) is 0 Å². The molecule has 20 bridgehead atoms. The molecular weight excluding hydrogens is 2220 g/mol. The van der Waals surface area contributed by atoms with Crippen LogP contribution in [-0.2, 0) is 73.7 Å². The van der Waals surface area contributed by atoms with Crippen molar-refractivity contribution < 1.29 is 54.7 Å². The second kappa shape index (κ2) is 49.7. The molecule has 6 aromatic rings. The number of carbonyl (C=O) groups excluding carboxylic acids is 2. The fourth-order valence-electron chi connectivity index (χ4n) is 27.5. The van der Waals surface area contributed by atoms with Gasteiger partial charge in [0.05, 0.1) is 21.7 Å². The van der Waals surface area contributed by atoms with Crippen LogP contribution in [0, 0.1) is 92.2 Å². The molecule has 0 spiro atoms. The molecule has 1 amide bonds. The zero-order valence-corrected chi connectivity index (χ0v) is 86.4. The number of nitrogens with two attached hydrogens (primary N) is 1. The maximum absolute atomic E-state index is 13.3. The van der Waals surface area contributed by atoms with Crippen molar-refractivity contribution in [3.05, 3.63) is 200 Å². The summed E-state index contributed by atoms with van der Waals surface area (Å²) >= 11 is 41.9. The first-order valence-corrected chi connectivity index (χ1v) is 61.6. The minimum atomic E-state index is -1.67. The quantitative estimate of drug-likeness (QED) is 0.0464. The minimum absolute atomic E-state index is 0. The summed E-state index contributed by atoms with van der Waals surface area (Å²) in [6, 6.07) is 42.0. The van der Waals surface area contributed by atoms with Crippen molar-refractivity contribution in [2.24, 2.45) is 97.9 Å². The summed E-state index contributed by atoms with van der Waals surface area (Å²) in [7, 11) is 21.3. The molecule has 0 aliphatic heterocycles. The summed E-state index contributed by atoms with van der Waals surface area (Å²) in [5.74, 6) is 6.14. The number of carboxylic acid groups (broad SMARTS) is 3. The van der Waals surface area contributed by atoms with E-state index < -0.39 is 52.4 Å². The number of nitrogens with one attached hydrogen (secondary N) is 1. The van der Waals surface area contributed by atoms with Crippen molar-refractivity contribution in [1.29, 1.82) is 0 Å². The molecule has 6 N–H and O–H groups in total. The molecule has 20 aliphatic rings. The number of alkyl halides is 1. The molecule has 8 unspecified atom stereocenters. The van der Waals surface area contributed by atoms with Crippen molar-refractivity contribution >= 4 is 232 Å². The van der Waals surface area contributed by atoms with Crippen LogP contribution in [0.3, 0.4) is 0 Å². The van der Waals surface area contributed by atoms with E-state index in [-0.39, 0.29) is 107 Å². The van der Waals surface area contributed by atoms with Crippen molar-refractivity contribution in [1.82, 2.24) is 15.3 Å². The van der Waals surface area contributed by atoms with Crippen LogP contribution in [0.25, 0.3) is 0 Å². The molecule has 13 nitrogen and oxygen atoms in total. The molecule has 2 heterocycles. The third-order valence-corrected chi connectivity index (χ3v) is 32.1. The molecule has 20 fully saturated rings. The average molecular weight is 2350 g/mol. The van der Waals surface area contributed by atoms with Gasteiger partial charge < -0.3 is 26.4 Å². The monoisotopic (exact) mass is 2340 g/mol. The normalized spacial score (nSPS) is 33.7. The Hall–Kier alpha value is -0.808. The van der Waals surface area contributed by atoms with Crippen LogP contribution < -0.4 is 11.1 Å². The van der Waals surface area contributed by atoms with Crippen LogP contribution in [0.1, 0.15) is 258 Å². The standard InChI is InChI=1S/C23H25ClN2O.C17H18Cl2O.C17H19ClO2.C11H15BrO2.C11H16O2.C6H5Cl.C6H8N2.5CH4.Al.4BrH.Cl2OS.3ClH.Fe/c24-20-3-1-19(2-4-20)22-10-17-9-18(11-22)13-23(12-17,15-22)21(27)26-14-16-5-7-25-8-6-16;2*18-14-3-1-13(2-4-14)16-6-11-5-12(7-16)9-17(8-11,10-16)15(19)20;12-11-4-7-1-8(5-11)3-10(2-7,6-11)9(13)14;12-10(13)11-4-7-1-8(5-11)3-9(2-7)6-11;7-6-4-2-1-3-5-6;7-5-6-1-3-8-4-2-6;;;;;;;;;;;1-4(2)3;;;;/h1-8,17-18H,9-15H2,(H,26,27);1-4,11-12H,5-10H2;1-4,11-12H,5-10H2,(H,19,20);7-8H,1-6H2,(H,13,14);7-9H,1-6H2,(H,12,13);1-5H;1-4H,5,7H2;5*1H4;;4*1H;;3*1H;/q;;;;;;;;;;;;+3;;;;;;;;;+3/p-6. The van der Waals surface area contributed by atoms with E-state index in [1.165, 1.54) is 113 Å². The molecule has 4 aromatic carbocycles. The molecule has 0 radical (unpaired) electrons. The summed E-state index contributed by atoms with van der Waals surface area (Å²) < 4.78 is 9.26. The number of nitrogens with zero attached hydrogens (tertiary/aromatic N) is 2. The van der Waals surface area contributed by atoms with Crippen LogP contribution in [0.4, 0.5) is 0 Å². The average Bonchev–Trinajstić information content (AvgIpc) is 0.731. The summed E-state index contributed by atoms with van der Waals surface area (Å²) in [5, 5.41) is 34.7. The summed E-state index contributed by atoms with van der Waals surface area (Å²) in [4.78, 5) is 67.8. The van der Waals surface area contributed by atoms with Gasteiger partial charge in [-0.15, -0.1) is 17.0 Å². The topological polar surface area (TPSA) is 227 Å². The van der Waals surface area contributed by atoms with Gasteiger partial charge >= 0.3 is 68.0 Å². The van der Waals surface area contributed by atoms with E-state index in [2.05, 4.69) is 131 Å². The van der Waals surface area contributed by atoms with Crippen molar-refractivity contribution in [3.8, 4) is 0 Å². The number of benzene rings is 4. The van der Waals surface area contributed by atoms with Crippen LogP contribution in [0.5, 0.6) is 0 Å². The number of aromatic nitrogens is 2. The first kappa shape index (κ1) is 115. The zero-order chi connectivity index (χ0) is 87.1. The molecule has 707 valence electrons. The SMILES string of the molecule is Br.C.C.C.C.C.Clc1ccccc1.NCc1ccncc1.O=C(Cl)C12CC3CC(C1)CC(c1ccc(Cl)cc1)(C3)C2.O=C(NCc1ccncc1)C12CC3CC(C1)CC(c1ccc(Cl)cc1)(C3)C2.O=C(O)C12CC3CC(C1)CC(c1ccc(Cl)cc1)(C3)C2.O=C(O)C12CC3CC(CC(Br)(C3)C1)C2.O=C(O)C12CC3CC(CC(C3)C1)C2.O=S(Cl)Cl.[Br][Al]([Br])[Br].[Cl][Fe]([Cl])[Cl]. The number of rotatable bonds is 11. The number of carboxylic acids is 3. The predicted octanol–water partition coefficient (Wildman–Crippen LogP) is 31.1. The number of pyridine rings is 2. The summed E-state index contributed by atoms with van der Waals surface area (Å²) in [6.45, 7) is 1.19. The van der Waals surface area contributed by atoms with Gasteiger partial charge in [0.25, 0.3) is 0 Å².